The first kappa shape index (κ1) is 19.2. The maximum absolute atomic E-state index is 12.9. The SMILES string of the molecule is FC(F)(F)C(F)(F)C(F)(F)C(F)(F)CC[SiH2]C(Cl)Cl. The maximum Gasteiger partial charge on any atom is 0.460 e. The Morgan fingerprint density at radius 3 is 1.53 bits per heavy atom. The fourth-order valence-corrected chi connectivity index (χ4v) is 2.93. The van der Waals surface area contributed by atoms with Crippen molar-refractivity contribution in [2.45, 2.75) is 40.9 Å². The third-order valence-electron chi connectivity index (χ3n) is 2.12. The second-order valence-electron chi connectivity index (χ2n) is 3.63. The van der Waals surface area contributed by atoms with Crippen molar-refractivity contribution < 1.29 is 39.5 Å². The van der Waals surface area contributed by atoms with Crippen LogP contribution in [0, 0.1) is 0 Å². The first-order chi connectivity index (χ1) is 8.17. The van der Waals surface area contributed by atoms with Crippen LogP contribution in [0.15, 0.2) is 0 Å². The largest absolute Gasteiger partial charge is 0.460 e. The minimum Gasteiger partial charge on any atom is -0.200 e. The van der Waals surface area contributed by atoms with Crippen LogP contribution in [-0.2, 0) is 0 Å². The molecule has 12 heteroatoms. The molecule has 0 rings (SSSR count). The van der Waals surface area contributed by atoms with Crippen LogP contribution in [-0.4, -0.2) is 37.9 Å². The standard InChI is InChI=1S/C7H7Cl2F9Si/c8-3(9)19-2-1-4(10,11)5(12,13)6(14,15)7(16,17)18/h3H,1-2,19H2. The van der Waals surface area contributed by atoms with Gasteiger partial charge in [0.2, 0.25) is 0 Å². The van der Waals surface area contributed by atoms with Gasteiger partial charge in [0.15, 0.2) is 0 Å². The highest BCUT2D eigenvalue weighted by molar-refractivity contribution is 6.68. The molecule has 0 unspecified atom stereocenters. The van der Waals surface area contributed by atoms with Crippen molar-refractivity contribution in [2.75, 3.05) is 0 Å². The van der Waals surface area contributed by atoms with Gasteiger partial charge >= 0.3 is 23.9 Å². The molecule has 0 N–H and O–H groups in total. The summed E-state index contributed by atoms with van der Waals surface area (Å²) in [6.45, 7) is 0. The summed E-state index contributed by atoms with van der Waals surface area (Å²) in [6.07, 6.45) is -8.62. The lowest BCUT2D eigenvalue weighted by Gasteiger charge is -2.33. The van der Waals surface area contributed by atoms with Crippen molar-refractivity contribution in [1.29, 1.82) is 0 Å². The number of alkyl halides is 11. The zero-order valence-electron chi connectivity index (χ0n) is 8.86. The highest BCUT2D eigenvalue weighted by Crippen LogP contribution is 2.54. The van der Waals surface area contributed by atoms with Crippen molar-refractivity contribution in [3.8, 4) is 0 Å². The van der Waals surface area contributed by atoms with E-state index in [0.717, 1.165) is 0 Å². The zero-order valence-corrected chi connectivity index (χ0v) is 11.8. The summed E-state index contributed by atoms with van der Waals surface area (Å²) in [5, 5.41) is 0. The molecule has 0 spiro atoms. The van der Waals surface area contributed by atoms with Gasteiger partial charge in [-0.1, -0.05) is 6.04 Å². The van der Waals surface area contributed by atoms with Crippen molar-refractivity contribution in [3.63, 3.8) is 0 Å². The third-order valence-corrected chi connectivity index (χ3v) is 4.63. The van der Waals surface area contributed by atoms with Crippen molar-refractivity contribution >= 4 is 32.7 Å². The minimum atomic E-state index is -6.83. The molecule has 0 radical (unpaired) electrons. The van der Waals surface area contributed by atoms with Crippen LogP contribution in [0.2, 0.25) is 6.04 Å². The number of rotatable bonds is 6. The fraction of sp³-hybridized carbons (Fsp3) is 1.00. The van der Waals surface area contributed by atoms with E-state index in [2.05, 4.69) is 0 Å². The molecule has 0 aliphatic heterocycles. The fourth-order valence-electron chi connectivity index (χ4n) is 1.04. The summed E-state index contributed by atoms with van der Waals surface area (Å²) < 4.78 is 110. The number of halogens is 11. The van der Waals surface area contributed by atoms with Gasteiger partial charge in [-0.2, -0.15) is 39.5 Å². The van der Waals surface area contributed by atoms with E-state index in [1.54, 1.807) is 0 Å². The molecule has 0 aromatic rings. The Labute approximate surface area is 114 Å². The maximum atomic E-state index is 12.9. The zero-order chi connectivity index (χ0) is 15.7. The van der Waals surface area contributed by atoms with E-state index in [0.29, 0.717) is 0 Å². The van der Waals surface area contributed by atoms with Crippen LogP contribution in [0.5, 0.6) is 0 Å². The molecule has 0 amide bonds. The summed E-state index contributed by atoms with van der Waals surface area (Å²) in [7, 11) is -1.68. The van der Waals surface area contributed by atoms with Gasteiger partial charge in [0.25, 0.3) is 0 Å². The Morgan fingerprint density at radius 1 is 0.789 bits per heavy atom. The van der Waals surface area contributed by atoms with Gasteiger partial charge in [0, 0.05) is 6.42 Å². The number of hydrogen-bond acceptors (Lipinski definition) is 0. The molecule has 116 valence electrons. The van der Waals surface area contributed by atoms with Crippen molar-refractivity contribution in [1.82, 2.24) is 0 Å². The molecule has 0 fully saturated rings. The Bertz CT molecular complexity index is 301. The number of hydrogen-bond donors (Lipinski definition) is 0. The predicted molar refractivity (Wildman–Crippen MR) is 54.4 cm³/mol. The van der Waals surface area contributed by atoms with Crippen LogP contribution in [0.4, 0.5) is 39.5 Å². The lowest BCUT2D eigenvalue weighted by Crippen LogP contribution is -2.60. The molecule has 0 aliphatic rings. The molecule has 0 nitrogen and oxygen atoms in total. The summed E-state index contributed by atoms with van der Waals surface area (Å²) in [5.41, 5.74) is 0. The van der Waals surface area contributed by atoms with E-state index in [1.807, 2.05) is 0 Å². The van der Waals surface area contributed by atoms with E-state index in [9.17, 15) is 39.5 Å². The Kier molecular flexibility index (Phi) is 5.93. The van der Waals surface area contributed by atoms with Gasteiger partial charge in [-0.3, -0.25) is 0 Å². The van der Waals surface area contributed by atoms with E-state index >= 15 is 0 Å². The van der Waals surface area contributed by atoms with Gasteiger partial charge in [-0.15, -0.1) is 23.2 Å². The van der Waals surface area contributed by atoms with Gasteiger partial charge in [-0.25, -0.2) is 0 Å². The molecular formula is C7H7Cl2F9Si. The minimum absolute atomic E-state index is 0.700. The smallest absolute Gasteiger partial charge is 0.200 e. The van der Waals surface area contributed by atoms with Gasteiger partial charge in [-0.05, 0) is 0 Å². The van der Waals surface area contributed by atoms with Gasteiger partial charge in [0.1, 0.15) is 0 Å². The highest BCUT2D eigenvalue weighted by Gasteiger charge is 2.81. The third kappa shape index (κ3) is 4.07. The van der Waals surface area contributed by atoms with Crippen LogP contribution in [0.1, 0.15) is 6.42 Å². The van der Waals surface area contributed by atoms with Crippen LogP contribution in [0.25, 0.3) is 0 Å². The van der Waals surface area contributed by atoms with Gasteiger partial charge < -0.3 is 0 Å². The Balaban J connectivity index is 5.06. The monoisotopic (exact) mass is 360 g/mol. The van der Waals surface area contributed by atoms with Crippen LogP contribution in [0.3, 0.4) is 0 Å². The summed E-state index contributed by atoms with van der Waals surface area (Å²) in [6, 6.07) is -0.700. The molecule has 0 aromatic carbocycles. The molecule has 0 aliphatic carbocycles. The molecule has 0 saturated heterocycles. The summed E-state index contributed by atoms with van der Waals surface area (Å²) >= 11 is 10.3. The Morgan fingerprint density at radius 2 is 1.21 bits per heavy atom. The lowest BCUT2D eigenvalue weighted by atomic mass is 10.0. The first-order valence-electron chi connectivity index (χ1n) is 4.65. The normalized spacial score (nSPS) is 15.8. The molecular weight excluding hydrogens is 354 g/mol. The van der Waals surface area contributed by atoms with E-state index in [-0.39, 0.29) is 0 Å². The average Bonchev–Trinajstić information content (AvgIpc) is 2.14. The van der Waals surface area contributed by atoms with E-state index in [1.165, 1.54) is 0 Å². The topological polar surface area (TPSA) is 0 Å². The van der Waals surface area contributed by atoms with Crippen molar-refractivity contribution in [3.05, 3.63) is 0 Å². The van der Waals surface area contributed by atoms with Crippen LogP contribution < -0.4 is 0 Å². The molecule has 0 heterocycles. The predicted octanol–water partition coefficient (Wildman–Crippen LogP) is 4.19. The lowest BCUT2D eigenvalue weighted by molar-refractivity contribution is -0.396. The quantitative estimate of drug-likeness (QED) is 0.378. The Hall–Kier alpha value is 0.167. The molecule has 19 heavy (non-hydrogen) atoms. The first-order valence-corrected chi connectivity index (χ1v) is 7.34. The highest BCUT2D eigenvalue weighted by atomic mass is 35.5. The second-order valence-corrected chi connectivity index (χ2v) is 8.05. The van der Waals surface area contributed by atoms with Crippen molar-refractivity contribution in [2.24, 2.45) is 0 Å². The summed E-state index contributed by atoms with van der Waals surface area (Å²) in [5.74, 6) is -18.9. The van der Waals surface area contributed by atoms with E-state index in [4.69, 9.17) is 23.2 Å². The van der Waals surface area contributed by atoms with Gasteiger partial charge in [0.05, 0.1) is 14.0 Å². The molecule has 0 saturated carbocycles. The average molecular weight is 361 g/mol. The van der Waals surface area contributed by atoms with Crippen LogP contribution >= 0.6 is 23.2 Å². The molecule has 0 atom stereocenters. The second kappa shape index (κ2) is 5.88. The summed E-state index contributed by atoms with van der Waals surface area (Å²) in [4.78, 5) is 0. The molecule has 0 aromatic heterocycles. The van der Waals surface area contributed by atoms with E-state index < -0.39 is 50.4 Å². The molecule has 0 bridgehead atoms.